The van der Waals surface area contributed by atoms with Crippen molar-refractivity contribution in [1.29, 1.82) is 0 Å². The van der Waals surface area contributed by atoms with E-state index < -0.39 is 0 Å². The Morgan fingerprint density at radius 2 is 1.75 bits per heavy atom. The zero-order valence-corrected chi connectivity index (χ0v) is 16.1. The molecule has 7 nitrogen and oxygen atoms in total. The van der Waals surface area contributed by atoms with Gasteiger partial charge < -0.3 is 20.3 Å². The van der Waals surface area contributed by atoms with E-state index in [1.54, 1.807) is 13.2 Å². The van der Waals surface area contributed by atoms with Crippen LogP contribution in [0.25, 0.3) is 0 Å². The molecule has 1 amide bonds. The van der Waals surface area contributed by atoms with Gasteiger partial charge in [-0.15, -0.1) is 0 Å². The number of amides is 1. The van der Waals surface area contributed by atoms with Gasteiger partial charge in [0.25, 0.3) is 5.91 Å². The Morgan fingerprint density at radius 3 is 2.39 bits per heavy atom. The smallest absolute Gasteiger partial charge is 0.270 e. The standard InChI is InChI=1S/C21H23N5O2/c1-26(2)17-8-6-16(7-9-17)25-20-12-19(23-14-24-20)21(27)22-13-15-4-10-18(28-3)11-5-15/h4-12,14H,13H2,1-3H3,(H,22,27)(H,23,24,25). The summed E-state index contributed by atoms with van der Waals surface area (Å²) in [6.45, 7) is 0.404. The number of carbonyl (C=O) groups excluding carboxylic acids is 1. The van der Waals surface area contributed by atoms with Crippen molar-refractivity contribution >= 4 is 23.1 Å². The van der Waals surface area contributed by atoms with E-state index in [0.717, 1.165) is 22.7 Å². The van der Waals surface area contributed by atoms with Crippen molar-refractivity contribution < 1.29 is 9.53 Å². The van der Waals surface area contributed by atoms with Gasteiger partial charge in [-0.1, -0.05) is 12.1 Å². The number of hydrogen-bond acceptors (Lipinski definition) is 6. The van der Waals surface area contributed by atoms with Gasteiger partial charge in [-0.25, -0.2) is 9.97 Å². The van der Waals surface area contributed by atoms with Crippen molar-refractivity contribution in [3.63, 3.8) is 0 Å². The molecule has 2 aromatic carbocycles. The first kappa shape index (κ1) is 19.2. The summed E-state index contributed by atoms with van der Waals surface area (Å²) in [5.74, 6) is 1.08. The Hall–Kier alpha value is -3.61. The molecule has 0 saturated carbocycles. The molecule has 1 aromatic heterocycles. The van der Waals surface area contributed by atoms with Crippen molar-refractivity contribution in [1.82, 2.24) is 15.3 Å². The van der Waals surface area contributed by atoms with Gasteiger partial charge in [-0.05, 0) is 42.0 Å². The quantitative estimate of drug-likeness (QED) is 0.658. The lowest BCUT2D eigenvalue weighted by molar-refractivity contribution is 0.0946. The first-order valence-corrected chi connectivity index (χ1v) is 8.83. The van der Waals surface area contributed by atoms with Crippen LogP contribution in [-0.4, -0.2) is 37.1 Å². The van der Waals surface area contributed by atoms with E-state index in [2.05, 4.69) is 20.6 Å². The first-order valence-electron chi connectivity index (χ1n) is 8.83. The van der Waals surface area contributed by atoms with E-state index in [4.69, 9.17) is 4.74 Å². The van der Waals surface area contributed by atoms with Crippen LogP contribution in [0.15, 0.2) is 60.9 Å². The summed E-state index contributed by atoms with van der Waals surface area (Å²) in [5, 5.41) is 6.05. The fourth-order valence-corrected chi connectivity index (χ4v) is 2.56. The molecule has 0 saturated heterocycles. The van der Waals surface area contributed by atoms with E-state index in [-0.39, 0.29) is 5.91 Å². The lowest BCUT2D eigenvalue weighted by Crippen LogP contribution is -2.24. The number of hydrogen-bond donors (Lipinski definition) is 2. The van der Waals surface area contributed by atoms with Gasteiger partial charge in [0.15, 0.2) is 0 Å². The summed E-state index contributed by atoms with van der Waals surface area (Å²) >= 11 is 0. The van der Waals surface area contributed by atoms with Gasteiger partial charge in [0, 0.05) is 38.1 Å². The molecule has 0 aliphatic rings. The largest absolute Gasteiger partial charge is 0.497 e. The van der Waals surface area contributed by atoms with Gasteiger partial charge >= 0.3 is 0 Å². The van der Waals surface area contributed by atoms with Crippen LogP contribution in [0, 0.1) is 0 Å². The molecule has 0 radical (unpaired) electrons. The lowest BCUT2D eigenvalue weighted by atomic mass is 10.2. The van der Waals surface area contributed by atoms with Crippen molar-refractivity contribution in [2.24, 2.45) is 0 Å². The van der Waals surface area contributed by atoms with Crippen LogP contribution in [0.3, 0.4) is 0 Å². The van der Waals surface area contributed by atoms with Crippen LogP contribution >= 0.6 is 0 Å². The number of nitrogens with one attached hydrogen (secondary N) is 2. The highest BCUT2D eigenvalue weighted by atomic mass is 16.5. The number of methoxy groups -OCH3 is 1. The minimum Gasteiger partial charge on any atom is -0.497 e. The molecule has 0 fully saturated rings. The monoisotopic (exact) mass is 377 g/mol. The fraction of sp³-hybridized carbons (Fsp3) is 0.190. The molecule has 2 N–H and O–H groups in total. The van der Waals surface area contributed by atoms with E-state index >= 15 is 0 Å². The molecule has 0 aliphatic carbocycles. The van der Waals surface area contributed by atoms with Crippen molar-refractivity contribution in [2.75, 3.05) is 31.4 Å². The molecule has 0 aliphatic heterocycles. The van der Waals surface area contributed by atoms with Crippen molar-refractivity contribution in [3.8, 4) is 5.75 Å². The highest BCUT2D eigenvalue weighted by Crippen LogP contribution is 2.19. The van der Waals surface area contributed by atoms with Gasteiger partial charge in [0.05, 0.1) is 7.11 Å². The Bertz CT molecular complexity index is 924. The van der Waals surface area contributed by atoms with E-state index in [9.17, 15) is 4.79 Å². The third kappa shape index (κ3) is 4.97. The van der Waals surface area contributed by atoms with Crippen molar-refractivity contribution in [3.05, 3.63) is 72.2 Å². The molecule has 7 heteroatoms. The number of rotatable bonds is 7. The molecule has 3 rings (SSSR count). The second kappa shape index (κ2) is 8.85. The third-order valence-corrected chi connectivity index (χ3v) is 4.17. The van der Waals surface area contributed by atoms with Gasteiger partial charge in [-0.3, -0.25) is 4.79 Å². The SMILES string of the molecule is COc1ccc(CNC(=O)c2cc(Nc3ccc(N(C)C)cc3)ncn2)cc1. The average molecular weight is 377 g/mol. The molecular formula is C21H23N5O2. The fourth-order valence-electron chi connectivity index (χ4n) is 2.56. The predicted molar refractivity (Wildman–Crippen MR) is 110 cm³/mol. The molecule has 0 bridgehead atoms. The average Bonchev–Trinajstić information content (AvgIpc) is 2.73. The maximum atomic E-state index is 12.4. The van der Waals surface area contributed by atoms with Crippen LogP contribution in [0.2, 0.25) is 0 Å². The highest BCUT2D eigenvalue weighted by Gasteiger charge is 2.09. The minimum atomic E-state index is -0.260. The Labute approximate surface area is 164 Å². The predicted octanol–water partition coefficient (Wildman–Crippen LogP) is 3.22. The van der Waals surface area contributed by atoms with Crippen LogP contribution in [0.4, 0.5) is 17.2 Å². The highest BCUT2D eigenvalue weighted by molar-refractivity contribution is 5.92. The number of aromatic nitrogens is 2. The van der Waals surface area contributed by atoms with Crippen LogP contribution in [0.5, 0.6) is 5.75 Å². The Morgan fingerprint density at radius 1 is 1.04 bits per heavy atom. The van der Waals surface area contributed by atoms with Gasteiger partial charge in [0.2, 0.25) is 0 Å². The van der Waals surface area contributed by atoms with Crippen LogP contribution in [-0.2, 0) is 6.54 Å². The number of benzene rings is 2. The van der Waals surface area contributed by atoms with Crippen molar-refractivity contribution in [2.45, 2.75) is 6.54 Å². The molecule has 0 atom stereocenters. The van der Waals surface area contributed by atoms with E-state index in [1.165, 1.54) is 6.33 Å². The zero-order chi connectivity index (χ0) is 19.9. The second-order valence-electron chi connectivity index (χ2n) is 6.39. The maximum Gasteiger partial charge on any atom is 0.270 e. The number of anilines is 3. The van der Waals surface area contributed by atoms with E-state index in [1.807, 2.05) is 67.5 Å². The summed E-state index contributed by atoms with van der Waals surface area (Å²) in [4.78, 5) is 22.7. The number of nitrogens with zero attached hydrogens (tertiary/aromatic N) is 3. The lowest BCUT2D eigenvalue weighted by Gasteiger charge is -2.13. The molecule has 144 valence electrons. The summed E-state index contributed by atoms with van der Waals surface area (Å²) in [6, 6.07) is 17.1. The molecule has 3 aromatic rings. The van der Waals surface area contributed by atoms with E-state index in [0.29, 0.717) is 18.1 Å². The summed E-state index contributed by atoms with van der Waals surface area (Å²) in [6.07, 6.45) is 1.37. The number of carbonyl (C=O) groups is 1. The minimum absolute atomic E-state index is 0.260. The molecule has 1 heterocycles. The molecular weight excluding hydrogens is 354 g/mol. The third-order valence-electron chi connectivity index (χ3n) is 4.17. The topological polar surface area (TPSA) is 79.4 Å². The first-order chi connectivity index (χ1) is 13.5. The summed E-state index contributed by atoms with van der Waals surface area (Å²) in [7, 11) is 5.60. The van der Waals surface area contributed by atoms with Crippen LogP contribution in [0.1, 0.15) is 16.1 Å². The second-order valence-corrected chi connectivity index (χ2v) is 6.39. The summed E-state index contributed by atoms with van der Waals surface area (Å²) < 4.78 is 5.13. The zero-order valence-electron chi connectivity index (χ0n) is 16.1. The maximum absolute atomic E-state index is 12.4. The normalized spacial score (nSPS) is 10.2. The van der Waals surface area contributed by atoms with Gasteiger partial charge in [0.1, 0.15) is 23.6 Å². The number of ether oxygens (including phenoxy) is 1. The summed E-state index contributed by atoms with van der Waals surface area (Å²) in [5.41, 5.74) is 3.26. The molecule has 28 heavy (non-hydrogen) atoms. The molecule has 0 unspecified atom stereocenters. The van der Waals surface area contributed by atoms with Gasteiger partial charge in [-0.2, -0.15) is 0 Å². The molecule has 0 spiro atoms. The van der Waals surface area contributed by atoms with Crippen LogP contribution < -0.4 is 20.3 Å². The Kier molecular flexibility index (Phi) is 6.06. The Balaban J connectivity index is 1.62.